The van der Waals surface area contributed by atoms with E-state index in [1.54, 1.807) is 0 Å². The normalized spacial score (nSPS) is 25.4. The molecule has 1 fully saturated rings. The maximum Gasteiger partial charge on any atom is 0.0732 e. The summed E-state index contributed by atoms with van der Waals surface area (Å²) in [4.78, 5) is 0. The number of ether oxygens (including phenoxy) is 1. The van der Waals surface area contributed by atoms with Crippen LogP contribution in [0.15, 0.2) is 28.7 Å². The smallest absolute Gasteiger partial charge is 0.0732 e. The van der Waals surface area contributed by atoms with Crippen molar-refractivity contribution in [3.8, 4) is 0 Å². The van der Waals surface area contributed by atoms with Crippen LogP contribution in [0.4, 0.5) is 0 Å². The summed E-state index contributed by atoms with van der Waals surface area (Å²) in [5, 5.41) is 0. The Kier molecular flexibility index (Phi) is 6.45. The molecule has 1 saturated carbocycles. The molecule has 0 aromatic heterocycles. The fraction of sp³-hybridized carbons (Fsp3) is 0.600. The van der Waals surface area contributed by atoms with Crippen LogP contribution in [0.1, 0.15) is 44.1 Å². The minimum absolute atomic E-state index is 0.429. The molecule has 0 saturated heterocycles. The first-order chi connectivity index (χ1) is 8.77. The van der Waals surface area contributed by atoms with E-state index in [9.17, 15) is 0 Å². The van der Waals surface area contributed by atoms with E-state index in [0.717, 1.165) is 11.1 Å². The quantitative estimate of drug-likeness (QED) is 0.462. The summed E-state index contributed by atoms with van der Waals surface area (Å²) in [6, 6.07) is 8.33. The zero-order valence-corrected chi connectivity index (χ0v) is 14.3. The first-order valence-electron chi connectivity index (χ1n) is 6.76. The van der Waals surface area contributed by atoms with Crippen molar-refractivity contribution in [1.82, 2.24) is 0 Å². The van der Waals surface area contributed by atoms with E-state index in [4.69, 9.17) is 4.74 Å². The van der Waals surface area contributed by atoms with Crippen molar-refractivity contribution >= 4 is 38.5 Å². The summed E-state index contributed by atoms with van der Waals surface area (Å²) < 4.78 is 7.99. The minimum Gasteiger partial charge on any atom is -0.372 e. The second-order valence-corrected chi connectivity index (χ2v) is 7.40. The summed E-state index contributed by atoms with van der Waals surface area (Å²) in [7, 11) is 0. The van der Waals surface area contributed by atoms with Crippen molar-refractivity contribution in [3.63, 3.8) is 0 Å². The number of hydrogen-bond donors (Lipinski definition) is 0. The zero-order valence-electron chi connectivity index (χ0n) is 10.6. The highest BCUT2D eigenvalue weighted by Gasteiger charge is 2.21. The fourth-order valence-corrected chi connectivity index (χ4v) is 3.81. The van der Waals surface area contributed by atoms with Crippen LogP contribution in [0.5, 0.6) is 0 Å². The average molecular weight is 423 g/mol. The van der Waals surface area contributed by atoms with Crippen LogP contribution in [0, 0.1) is 0 Å². The van der Waals surface area contributed by atoms with Gasteiger partial charge in [-0.05, 0) is 24.5 Å². The van der Waals surface area contributed by atoms with Crippen molar-refractivity contribution < 1.29 is 4.74 Å². The van der Waals surface area contributed by atoms with E-state index in [1.165, 1.54) is 44.1 Å². The Morgan fingerprint density at radius 3 is 2.61 bits per heavy atom. The van der Waals surface area contributed by atoms with Gasteiger partial charge in [-0.2, -0.15) is 0 Å². The lowest BCUT2D eigenvalue weighted by Gasteiger charge is -2.25. The molecule has 0 amide bonds. The fourth-order valence-electron chi connectivity index (χ4n) is 2.41. The Morgan fingerprint density at radius 1 is 1.11 bits per heavy atom. The molecule has 1 nitrogen and oxygen atoms in total. The molecule has 3 heteroatoms. The lowest BCUT2D eigenvalue weighted by atomic mass is 9.98. The highest BCUT2D eigenvalue weighted by atomic mass is 127. The Morgan fingerprint density at radius 2 is 1.83 bits per heavy atom. The van der Waals surface area contributed by atoms with Crippen molar-refractivity contribution in [1.29, 1.82) is 0 Å². The Hall–Kier alpha value is 0.390. The lowest BCUT2D eigenvalue weighted by Crippen LogP contribution is -2.25. The van der Waals surface area contributed by atoms with Gasteiger partial charge in [0, 0.05) is 8.40 Å². The Bertz CT molecular complexity index is 369. The van der Waals surface area contributed by atoms with Crippen LogP contribution < -0.4 is 0 Å². The molecule has 0 bridgehead atoms. The van der Waals surface area contributed by atoms with Crippen molar-refractivity contribution in [2.24, 2.45) is 0 Å². The SMILES string of the molecule is Brc1ccccc1COC1CCCCCCC1I. The monoisotopic (exact) mass is 422 g/mol. The largest absolute Gasteiger partial charge is 0.372 e. The van der Waals surface area contributed by atoms with Gasteiger partial charge in [0.15, 0.2) is 0 Å². The van der Waals surface area contributed by atoms with Gasteiger partial charge in [-0.3, -0.25) is 0 Å². The summed E-state index contributed by atoms with van der Waals surface area (Å²) >= 11 is 6.16. The van der Waals surface area contributed by atoms with Gasteiger partial charge in [0.05, 0.1) is 12.7 Å². The van der Waals surface area contributed by atoms with Gasteiger partial charge in [-0.25, -0.2) is 0 Å². The third-order valence-electron chi connectivity index (χ3n) is 3.53. The van der Waals surface area contributed by atoms with Gasteiger partial charge < -0.3 is 4.74 Å². The van der Waals surface area contributed by atoms with Gasteiger partial charge in [0.2, 0.25) is 0 Å². The third kappa shape index (κ3) is 4.49. The van der Waals surface area contributed by atoms with Crippen molar-refractivity contribution in [2.45, 2.75) is 55.2 Å². The van der Waals surface area contributed by atoms with Crippen LogP contribution in [0.25, 0.3) is 0 Å². The van der Waals surface area contributed by atoms with Gasteiger partial charge in [-0.1, -0.05) is 82.4 Å². The van der Waals surface area contributed by atoms with Gasteiger partial charge in [0.1, 0.15) is 0 Å². The molecule has 100 valence electrons. The van der Waals surface area contributed by atoms with E-state index >= 15 is 0 Å². The van der Waals surface area contributed by atoms with Crippen molar-refractivity contribution in [3.05, 3.63) is 34.3 Å². The first kappa shape index (κ1) is 14.8. The summed E-state index contributed by atoms with van der Waals surface area (Å²) in [5.74, 6) is 0. The predicted molar refractivity (Wildman–Crippen MR) is 88.2 cm³/mol. The summed E-state index contributed by atoms with van der Waals surface area (Å²) in [6.07, 6.45) is 8.41. The molecule has 1 aliphatic carbocycles. The maximum atomic E-state index is 6.16. The van der Waals surface area contributed by atoms with Gasteiger partial charge in [-0.15, -0.1) is 0 Å². The molecule has 1 aromatic rings. The third-order valence-corrected chi connectivity index (χ3v) is 5.73. The molecular formula is C15H20BrIO. The number of benzene rings is 1. The van der Waals surface area contributed by atoms with Gasteiger partial charge >= 0.3 is 0 Å². The number of rotatable bonds is 3. The van der Waals surface area contributed by atoms with E-state index in [-0.39, 0.29) is 0 Å². The van der Waals surface area contributed by atoms with Crippen LogP contribution >= 0.6 is 38.5 Å². The Balaban J connectivity index is 1.89. The highest BCUT2D eigenvalue weighted by molar-refractivity contribution is 14.1. The molecular weight excluding hydrogens is 403 g/mol. The molecule has 0 N–H and O–H groups in total. The van der Waals surface area contributed by atoms with Crippen molar-refractivity contribution in [2.75, 3.05) is 0 Å². The van der Waals surface area contributed by atoms with Gasteiger partial charge in [0.25, 0.3) is 0 Å². The molecule has 18 heavy (non-hydrogen) atoms. The van der Waals surface area contributed by atoms with E-state index in [2.05, 4.69) is 56.7 Å². The van der Waals surface area contributed by atoms with Crippen LogP contribution in [-0.4, -0.2) is 10.0 Å². The van der Waals surface area contributed by atoms with Crippen LogP contribution in [0.2, 0.25) is 0 Å². The molecule has 0 aliphatic heterocycles. The number of halogens is 2. The molecule has 0 radical (unpaired) electrons. The molecule has 2 rings (SSSR count). The molecule has 1 aromatic carbocycles. The van der Waals surface area contributed by atoms with E-state index in [1.807, 2.05) is 6.07 Å². The maximum absolute atomic E-state index is 6.16. The number of alkyl halides is 1. The average Bonchev–Trinajstić information content (AvgIpc) is 2.35. The molecule has 0 spiro atoms. The van der Waals surface area contributed by atoms with Crippen LogP contribution in [0.3, 0.4) is 0 Å². The predicted octanol–water partition coefficient (Wildman–Crippen LogP) is 5.49. The minimum atomic E-state index is 0.429. The topological polar surface area (TPSA) is 9.23 Å². The highest BCUT2D eigenvalue weighted by Crippen LogP contribution is 2.27. The molecule has 2 atom stereocenters. The first-order valence-corrected chi connectivity index (χ1v) is 8.80. The summed E-state index contributed by atoms with van der Waals surface area (Å²) in [5.41, 5.74) is 1.25. The van der Waals surface area contributed by atoms with Crippen LogP contribution in [-0.2, 0) is 11.3 Å². The molecule has 1 aliphatic rings. The lowest BCUT2D eigenvalue weighted by molar-refractivity contribution is 0.0306. The number of hydrogen-bond acceptors (Lipinski definition) is 1. The molecule has 2 unspecified atom stereocenters. The second kappa shape index (κ2) is 7.85. The summed E-state index contributed by atoms with van der Waals surface area (Å²) in [6.45, 7) is 0.728. The molecule has 0 heterocycles. The standard InChI is InChI=1S/C15H20BrIO/c16-13-8-6-5-7-12(13)11-18-15-10-4-2-1-3-9-14(15)17/h5-8,14-15H,1-4,9-11H2. The zero-order chi connectivity index (χ0) is 12.8. The van der Waals surface area contributed by atoms with E-state index in [0.29, 0.717) is 10.0 Å². The van der Waals surface area contributed by atoms with E-state index < -0.39 is 0 Å². The Labute approximate surface area is 132 Å². The second-order valence-electron chi connectivity index (χ2n) is 4.95.